The molecule has 0 saturated carbocycles. The van der Waals surface area contributed by atoms with Crippen LogP contribution in [0.15, 0.2) is 36.7 Å². The molecule has 6 nitrogen and oxygen atoms in total. The number of rotatable bonds is 3. The van der Waals surface area contributed by atoms with Gasteiger partial charge < -0.3 is 14.7 Å². The Balaban J connectivity index is 1.66. The van der Waals surface area contributed by atoms with Crippen LogP contribution in [0.2, 0.25) is 0 Å². The minimum atomic E-state index is 0.0945. The van der Waals surface area contributed by atoms with E-state index in [0.29, 0.717) is 13.1 Å². The summed E-state index contributed by atoms with van der Waals surface area (Å²) < 4.78 is 0. The quantitative estimate of drug-likeness (QED) is 0.861. The predicted octanol–water partition coefficient (Wildman–Crippen LogP) is 1.81. The van der Waals surface area contributed by atoms with E-state index in [0.717, 1.165) is 35.9 Å². The zero-order valence-corrected chi connectivity index (χ0v) is 14.4. The number of nitrogens with zero attached hydrogens (tertiary/aromatic N) is 5. The van der Waals surface area contributed by atoms with Gasteiger partial charge in [-0.1, -0.05) is 0 Å². The van der Waals surface area contributed by atoms with E-state index in [1.807, 2.05) is 50.2 Å². The van der Waals surface area contributed by atoms with E-state index < -0.39 is 0 Å². The Morgan fingerprint density at radius 2 is 1.75 bits per heavy atom. The Morgan fingerprint density at radius 3 is 2.33 bits per heavy atom. The van der Waals surface area contributed by atoms with Crippen molar-refractivity contribution in [1.29, 1.82) is 0 Å². The van der Waals surface area contributed by atoms with E-state index in [1.54, 1.807) is 12.4 Å². The van der Waals surface area contributed by atoms with Gasteiger partial charge in [0.25, 0.3) is 5.91 Å². The number of benzene rings is 1. The maximum Gasteiger partial charge on any atom is 0.253 e. The Bertz CT molecular complexity index is 709. The highest BCUT2D eigenvalue weighted by Crippen LogP contribution is 2.20. The van der Waals surface area contributed by atoms with Crippen molar-refractivity contribution in [3.63, 3.8) is 0 Å². The average molecular weight is 325 g/mol. The van der Waals surface area contributed by atoms with Gasteiger partial charge in [0, 0.05) is 63.9 Å². The smallest absolute Gasteiger partial charge is 0.253 e. The summed E-state index contributed by atoms with van der Waals surface area (Å²) in [6, 6.07) is 7.71. The van der Waals surface area contributed by atoms with Gasteiger partial charge in [0.2, 0.25) is 5.95 Å². The maximum atomic E-state index is 12.7. The van der Waals surface area contributed by atoms with E-state index in [2.05, 4.69) is 19.8 Å². The van der Waals surface area contributed by atoms with Crippen molar-refractivity contribution in [2.24, 2.45) is 0 Å². The monoisotopic (exact) mass is 325 g/mol. The summed E-state index contributed by atoms with van der Waals surface area (Å²) in [5.74, 6) is 0.827. The highest BCUT2D eigenvalue weighted by Gasteiger charge is 2.23. The van der Waals surface area contributed by atoms with Crippen LogP contribution in [0.3, 0.4) is 0 Å². The van der Waals surface area contributed by atoms with E-state index in [-0.39, 0.29) is 5.91 Å². The molecule has 24 heavy (non-hydrogen) atoms. The van der Waals surface area contributed by atoms with E-state index >= 15 is 0 Å². The molecule has 1 aromatic carbocycles. The highest BCUT2D eigenvalue weighted by molar-refractivity contribution is 5.95. The standard InChI is InChI=1S/C18H23N5O/c1-14-13-15(5-6-16(14)21(2)3)17(24)22-9-11-23(12-10-22)18-19-7-4-8-20-18/h4-8,13H,9-12H2,1-3H3. The van der Waals surface area contributed by atoms with Gasteiger partial charge >= 0.3 is 0 Å². The summed E-state index contributed by atoms with van der Waals surface area (Å²) in [7, 11) is 4.02. The second kappa shape index (κ2) is 6.86. The van der Waals surface area contributed by atoms with E-state index in [4.69, 9.17) is 0 Å². The van der Waals surface area contributed by atoms with Crippen molar-refractivity contribution in [3.8, 4) is 0 Å². The number of amides is 1. The fraction of sp³-hybridized carbons (Fsp3) is 0.389. The third kappa shape index (κ3) is 3.32. The number of hydrogen-bond donors (Lipinski definition) is 0. The number of aryl methyl sites for hydroxylation is 1. The zero-order valence-electron chi connectivity index (χ0n) is 14.4. The fourth-order valence-electron chi connectivity index (χ4n) is 3.04. The second-order valence-corrected chi connectivity index (χ2v) is 6.22. The number of carbonyl (C=O) groups is 1. The average Bonchev–Trinajstić information content (AvgIpc) is 2.61. The van der Waals surface area contributed by atoms with Crippen molar-refractivity contribution in [2.45, 2.75) is 6.92 Å². The maximum absolute atomic E-state index is 12.7. The first-order valence-corrected chi connectivity index (χ1v) is 8.15. The first-order chi connectivity index (χ1) is 11.6. The summed E-state index contributed by atoms with van der Waals surface area (Å²) in [5.41, 5.74) is 3.00. The Morgan fingerprint density at radius 1 is 1.08 bits per heavy atom. The van der Waals surface area contributed by atoms with Gasteiger partial charge in [0.05, 0.1) is 0 Å². The largest absolute Gasteiger partial charge is 0.377 e. The lowest BCUT2D eigenvalue weighted by Crippen LogP contribution is -2.49. The molecule has 2 heterocycles. The molecule has 0 spiro atoms. The van der Waals surface area contributed by atoms with Gasteiger partial charge in [-0.3, -0.25) is 4.79 Å². The van der Waals surface area contributed by atoms with Crippen molar-refractivity contribution in [1.82, 2.24) is 14.9 Å². The third-order valence-electron chi connectivity index (χ3n) is 4.33. The summed E-state index contributed by atoms with van der Waals surface area (Å²) in [6.07, 6.45) is 3.49. The first kappa shape index (κ1) is 16.2. The Kier molecular flexibility index (Phi) is 4.64. The molecule has 0 unspecified atom stereocenters. The van der Waals surface area contributed by atoms with Gasteiger partial charge in [-0.15, -0.1) is 0 Å². The molecule has 2 aromatic rings. The topological polar surface area (TPSA) is 52.6 Å². The normalized spacial score (nSPS) is 14.6. The molecule has 6 heteroatoms. The summed E-state index contributed by atoms with van der Waals surface area (Å²) in [6.45, 7) is 4.92. The SMILES string of the molecule is Cc1cc(C(=O)N2CCN(c3ncccn3)CC2)ccc1N(C)C. The Hall–Kier alpha value is -2.63. The molecule has 1 aliphatic heterocycles. The third-order valence-corrected chi connectivity index (χ3v) is 4.33. The van der Waals surface area contributed by atoms with Crippen molar-refractivity contribution in [2.75, 3.05) is 50.1 Å². The van der Waals surface area contributed by atoms with Crippen LogP contribution in [0.5, 0.6) is 0 Å². The van der Waals surface area contributed by atoms with Crippen LogP contribution >= 0.6 is 0 Å². The number of aromatic nitrogens is 2. The number of anilines is 2. The molecule has 0 radical (unpaired) electrons. The molecule has 0 aliphatic carbocycles. The van der Waals surface area contributed by atoms with Gasteiger partial charge in [0.1, 0.15) is 0 Å². The van der Waals surface area contributed by atoms with E-state index in [1.165, 1.54) is 0 Å². The van der Waals surface area contributed by atoms with Gasteiger partial charge in [-0.2, -0.15) is 0 Å². The van der Waals surface area contributed by atoms with Crippen LogP contribution in [0.4, 0.5) is 11.6 Å². The lowest BCUT2D eigenvalue weighted by Gasteiger charge is -2.34. The van der Waals surface area contributed by atoms with Crippen LogP contribution < -0.4 is 9.80 Å². The van der Waals surface area contributed by atoms with Gasteiger partial charge in [0.15, 0.2) is 0 Å². The second-order valence-electron chi connectivity index (χ2n) is 6.22. The molecule has 1 aliphatic rings. The van der Waals surface area contributed by atoms with Crippen molar-refractivity contribution >= 4 is 17.5 Å². The summed E-state index contributed by atoms with van der Waals surface area (Å²) >= 11 is 0. The van der Waals surface area contributed by atoms with Crippen LogP contribution in [-0.4, -0.2) is 61.0 Å². The van der Waals surface area contributed by atoms with Crippen LogP contribution in [0, 0.1) is 6.92 Å². The molecule has 1 amide bonds. The molecule has 3 rings (SSSR count). The van der Waals surface area contributed by atoms with Gasteiger partial charge in [-0.05, 0) is 36.8 Å². The lowest BCUT2D eigenvalue weighted by molar-refractivity contribution is 0.0746. The molecule has 0 atom stereocenters. The minimum absolute atomic E-state index is 0.0945. The van der Waals surface area contributed by atoms with Crippen LogP contribution in [0.1, 0.15) is 15.9 Å². The highest BCUT2D eigenvalue weighted by atomic mass is 16.2. The van der Waals surface area contributed by atoms with Crippen LogP contribution in [0.25, 0.3) is 0 Å². The van der Waals surface area contributed by atoms with Crippen molar-refractivity contribution < 1.29 is 4.79 Å². The summed E-state index contributed by atoms with van der Waals surface area (Å²) in [5, 5.41) is 0. The van der Waals surface area contributed by atoms with E-state index in [9.17, 15) is 4.79 Å². The molecule has 1 saturated heterocycles. The van der Waals surface area contributed by atoms with Gasteiger partial charge in [-0.25, -0.2) is 9.97 Å². The molecular formula is C18H23N5O. The number of hydrogen-bond acceptors (Lipinski definition) is 5. The minimum Gasteiger partial charge on any atom is -0.377 e. The van der Waals surface area contributed by atoms with Crippen LogP contribution in [-0.2, 0) is 0 Å². The lowest BCUT2D eigenvalue weighted by atomic mass is 10.1. The molecular weight excluding hydrogens is 302 g/mol. The molecule has 0 bridgehead atoms. The number of piperazine rings is 1. The fourth-order valence-corrected chi connectivity index (χ4v) is 3.04. The molecule has 1 fully saturated rings. The number of carbonyl (C=O) groups excluding carboxylic acids is 1. The molecule has 1 aromatic heterocycles. The molecule has 126 valence electrons. The first-order valence-electron chi connectivity index (χ1n) is 8.15. The predicted molar refractivity (Wildman–Crippen MR) is 95.7 cm³/mol. The summed E-state index contributed by atoms with van der Waals surface area (Å²) in [4.78, 5) is 27.4. The van der Waals surface area contributed by atoms with Crippen molar-refractivity contribution in [3.05, 3.63) is 47.8 Å². The zero-order chi connectivity index (χ0) is 17.1. The molecule has 0 N–H and O–H groups in total. The Labute approximate surface area is 142 Å².